The van der Waals surface area contributed by atoms with Gasteiger partial charge in [0.15, 0.2) is 0 Å². The number of nitrogens with zero attached hydrogens (tertiary/aromatic N) is 2. The lowest BCUT2D eigenvalue weighted by molar-refractivity contribution is 0.415. The van der Waals surface area contributed by atoms with Crippen LogP contribution in [0.5, 0.6) is 5.75 Å². The number of ether oxygens (including phenoxy) is 1. The van der Waals surface area contributed by atoms with E-state index in [0.717, 1.165) is 17.6 Å². The van der Waals surface area contributed by atoms with E-state index in [9.17, 15) is 8.42 Å². The van der Waals surface area contributed by atoms with Crippen LogP contribution in [0.15, 0.2) is 53.1 Å². The molecule has 0 bridgehead atoms. The summed E-state index contributed by atoms with van der Waals surface area (Å²) in [5.74, 6) is 1.36. The molecule has 3 aromatic rings. The molecule has 0 amide bonds. The van der Waals surface area contributed by atoms with Gasteiger partial charge in [0.25, 0.3) is 5.89 Å². The molecule has 0 fully saturated rings. The third kappa shape index (κ3) is 3.54. The molecule has 0 atom stereocenters. The Hall–Kier alpha value is -2.87. The minimum absolute atomic E-state index is 0.229. The van der Waals surface area contributed by atoms with Crippen LogP contribution in [0, 0.1) is 0 Å². The fourth-order valence-electron chi connectivity index (χ4n) is 2.15. The summed E-state index contributed by atoms with van der Waals surface area (Å²) >= 11 is 0. The molecular formula is C16H15N3O4S. The molecule has 0 radical (unpaired) electrons. The zero-order chi connectivity index (χ0) is 17.2. The number of hydrogen-bond acceptors (Lipinski definition) is 6. The summed E-state index contributed by atoms with van der Waals surface area (Å²) in [5, 5.41) is 3.95. The van der Waals surface area contributed by atoms with E-state index in [-0.39, 0.29) is 5.89 Å². The van der Waals surface area contributed by atoms with Crippen molar-refractivity contribution in [3.63, 3.8) is 0 Å². The van der Waals surface area contributed by atoms with Gasteiger partial charge < -0.3 is 9.26 Å². The minimum atomic E-state index is -3.41. The second-order valence-corrected chi connectivity index (χ2v) is 6.82. The Bertz CT molecular complexity index is 949. The molecular weight excluding hydrogens is 330 g/mol. The molecule has 124 valence electrons. The third-order valence-electron chi connectivity index (χ3n) is 3.23. The average molecular weight is 345 g/mol. The Kier molecular flexibility index (Phi) is 4.22. The maximum Gasteiger partial charge on any atom is 0.260 e. The van der Waals surface area contributed by atoms with Crippen LogP contribution < -0.4 is 9.46 Å². The molecule has 3 rings (SSSR count). The van der Waals surface area contributed by atoms with Gasteiger partial charge in [-0.1, -0.05) is 17.3 Å². The van der Waals surface area contributed by atoms with Gasteiger partial charge in [0.05, 0.1) is 24.6 Å². The maximum absolute atomic E-state index is 11.5. The fraction of sp³-hybridized carbons (Fsp3) is 0.125. The zero-order valence-electron chi connectivity index (χ0n) is 13.1. The minimum Gasteiger partial charge on any atom is -0.497 e. The maximum atomic E-state index is 11.5. The van der Waals surface area contributed by atoms with E-state index >= 15 is 0 Å². The van der Waals surface area contributed by atoms with Crippen molar-refractivity contribution in [2.75, 3.05) is 18.1 Å². The lowest BCUT2D eigenvalue weighted by Gasteiger charge is -2.06. The first-order valence-corrected chi connectivity index (χ1v) is 8.91. The Morgan fingerprint density at radius 2 is 1.79 bits per heavy atom. The van der Waals surface area contributed by atoms with Crippen LogP contribution in [0.3, 0.4) is 0 Å². The number of sulfonamides is 1. The predicted molar refractivity (Wildman–Crippen MR) is 90.2 cm³/mol. The molecule has 0 aliphatic carbocycles. The van der Waals surface area contributed by atoms with Crippen molar-refractivity contribution in [2.24, 2.45) is 0 Å². The van der Waals surface area contributed by atoms with Crippen molar-refractivity contribution < 1.29 is 17.7 Å². The summed E-state index contributed by atoms with van der Waals surface area (Å²) in [4.78, 5) is 4.34. The SMILES string of the molecule is COc1ccc(-c2noc(-c3ccccc3NS(C)(=O)=O)n2)cc1. The summed E-state index contributed by atoms with van der Waals surface area (Å²) in [6.07, 6.45) is 1.08. The number of benzene rings is 2. The number of rotatable bonds is 5. The molecule has 0 spiro atoms. The molecule has 8 heteroatoms. The third-order valence-corrected chi connectivity index (χ3v) is 3.82. The van der Waals surface area contributed by atoms with Crippen LogP contribution in [0.2, 0.25) is 0 Å². The van der Waals surface area contributed by atoms with Crippen LogP contribution in [0.4, 0.5) is 5.69 Å². The molecule has 1 N–H and O–H groups in total. The standard InChI is InChI=1S/C16H15N3O4S/c1-22-12-9-7-11(8-10-12)15-17-16(23-18-15)13-5-3-4-6-14(13)19-24(2,20)21/h3-10,19H,1-2H3. The van der Waals surface area contributed by atoms with E-state index < -0.39 is 10.0 Å². The van der Waals surface area contributed by atoms with Gasteiger partial charge in [-0.2, -0.15) is 4.98 Å². The van der Waals surface area contributed by atoms with Gasteiger partial charge in [0.1, 0.15) is 5.75 Å². The summed E-state index contributed by atoms with van der Waals surface area (Å²) in [5.41, 5.74) is 1.65. The normalized spacial score (nSPS) is 11.2. The van der Waals surface area contributed by atoms with Crippen LogP contribution >= 0.6 is 0 Å². The second-order valence-electron chi connectivity index (χ2n) is 5.07. The second kappa shape index (κ2) is 6.32. The molecule has 0 unspecified atom stereocenters. The Morgan fingerprint density at radius 1 is 1.08 bits per heavy atom. The van der Waals surface area contributed by atoms with Gasteiger partial charge in [-0.3, -0.25) is 4.72 Å². The number of hydrogen-bond donors (Lipinski definition) is 1. The van der Waals surface area contributed by atoms with E-state index in [1.807, 2.05) is 12.1 Å². The van der Waals surface area contributed by atoms with Crippen LogP contribution in [0.25, 0.3) is 22.8 Å². The van der Waals surface area contributed by atoms with Crippen molar-refractivity contribution in [1.82, 2.24) is 10.1 Å². The van der Waals surface area contributed by atoms with Gasteiger partial charge in [-0.25, -0.2) is 8.42 Å². The zero-order valence-corrected chi connectivity index (χ0v) is 13.9. The van der Waals surface area contributed by atoms with E-state index in [1.54, 1.807) is 43.5 Å². The van der Waals surface area contributed by atoms with Gasteiger partial charge in [0.2, 0.25) is 15.8 Å². The lowest BCUT2D eigenvalue weighted by Crippen LogP contribution is -2.10. The highest BCUT2D eigenvalue weighted by atomic mass is 32.2. The first kappa shape index (κ1) is 16.0. The highest BCUT2D eigenvalue weighted by Crippen LogP contribution is 2.29. The lowest BCUT2D eigenvalue weighted by atomic mass is 10.2. The van der Waals surface area contributed by atoms with E-state index in [0.29, 0.717) is 17.1 Å². The summed E-state index contributed by atoms with van der Waals surface area (Å²) in [7, 11) is -1.82. The fourth-order valence-corrected chi connectivity index (χ4v) is 2.73. The molecule has 1 heterocycles. The molecule has 0 aliphatic heterocycles. The number of aromatic nitrogens is 2. The van der Waals surface area contributed by atoms with E-state index in [1.165, 1.54) is 0 Å². The highest BCUT2D eigenvalue weighted by Gasteiger charge is 2.15. The van der Waals surface area contributed by atoms with E-state index in [2.05, 4.69) is 14.9 Å². The first-order valence-electron chi connectivity index (χ1n) is 7.01. The monoisotopic (exact) mass is 345 g/mol. The van der Waals surface area contributed by atoms with Gasteiger partial charge in [-0.15, -0.1) is 0 Å². The van der Waals surface area contributed by atoms with Crippen LogP contribution in [-0.2, 0) is 10.0 Å². The average Bonchev–Trinajstić information content (AvgIpc) is 3.04. The molecule has 0 saturated heterocycles. The molecule has 7 nitrogen and oxygen atoms in total. The van der Waals surface area contributed by atoms with Crippen LogP contribution in [-0.4, -0.2) is 31.9 Å². The number of para-hydroxylation sites is 1. The summed E-state index contributed by atoms with van der Waals surface area (Å²) < 4.78 is 35.8. The van der Waals surface area contributed by atoms with Crippen molar-refractivity contribution in [1.29, 1.82) is 0 Å². The summed E-state index contributed by atoms with van der Waals surface area (Å²) in [6, 6.07) is 14.0. The molecule has 0 saturated carbocycles. The predicted octanol–water partition coefficient (Wildman–Crippen LogP) is 2.78. The Morgan fingerprint density at radius 3 is 2.46 bits per heavy atom. The highest BCUT2D eigenvalue weighted by molar-refractivity contribution is 7.92. The summed E-state index contributed by atoms with van der Waals surface area (Å²) in [6.45, 7) is 0. The van der Waals surface area contributed by atoms with Gasteiger partial charge in [0, 0.05) is 5.56 Å². The Balaban J connectivity index is 1.96. The number of methoxy groups -OCH3 is 1. The van der Waals surface area contributed by atoms with Gasteiger partial charge >= 0.3 is 0 Å². The molecule has 1 aromatic heterocycles. The number of anilines is 1. The number of nitrogens with one attached hydrogen (secondary N) is 1. The largest absolute Gasteiger partial charge is 0.497 e. The topological polar surface area (TPSA) is 94.3 Å². The molecule has 0 aliphatic rings. The first-order chi connectivity index (χ1) is 11.5. The van der Waals surface area contributed by atoms with Gasteiger partial charge in [-0.05, 0) is 36.4 Å². The van der Waals surface area contributed by atoms with E-state index in [4.69, 9.17) is 9.26 Å². The van der Waals surface area contributed by atoms with Crippen molar-refractivity contribution >= 4 is 15.7 Å². The molecule has 2 aromatic carbocycles. The smallest absolute Gasteiger partial charge is 0.260 e. The van der Waals surface area contributed by atoms with Crippen molar-refractivity contribution in [3.05, 3.63) is 48.5 Å². The van der Waals surface area contributed by atoms with Crippen molar-refractivity contribution in [2.45, 2.75) is 0 Å². The van der Waals surface area contributed by atoms with Crippen LogP contribution in [0.1, 0.15) is 0 Å². The van der Waals surface area contributed by atoms with Crippen molar-refractivity contribution in [3.8, 4) is 28.6 Å². The Labute approximate surface area is 139 Å². The quantitative estimate of drug-likeness (QED) is 0.764. The molecule has 24 heavy (non-hydrogen) atoms.